The highest BCUT2D eigenvalue weighted by Crippen LogP contribution is 2.30. The van der Waals surface area contributed by atoms with Crippen molar-refractivity contribution in [2.75, 3.05) is 5.32 Å². The molecule has 1 unspecified atom stereocenters. The average Bonchev–Trinajstić information content (AvgIpc) is 2.67. The number of aryl methyl sites for hydroxylation is 2. The first kappa shape index (κ1) is 17.2. The van der Waals surface area contributed by atoms with E-state index in [-0.39, 0.29) is 5.13 Å². The number of urea groups is 1. The maximum absolute atomic E-state index is 12.7. The van der Waals surface area contributed by atoms with E-state index in [1.165, 1.54) is 5.32 Å². The van der Waals surface area contributed by atoms with Crippen molar-refractivity contribution in [3.05, 3.63) is 10.6 Å². The number of anilines is 1. The summed E-state index contributed by atoms with van der Waals surface area (Å²) in [6.45, 7) is 3.98. The standard InChI is InChI=1S/C11H14F3N3O3S/c1-4-6-5(2)21-9(15-6)16-8(20)17-10(3,7(18)19)11(12,13)14/h4H2,1-3H3,(H,18,19)(H2,15,16,17,20). The van der Waals surface area contributed by atoms with E-state index in [9.17, 15) is 22.8 Å². The van der Waals surface area contributed by atoms with Crippen LogP contribution in [0.4, 0.5) is 23.1 Å². The van der Waals surface area contributed by atoms with Crippen molar-refractivity contribution in [3.8, 4) is 0 Å². The van der Waals surface area contributed by atoms with Crippen LogP contribution in [0.1, 0.15) is 24.4 Å². The van der Waals surface area contributed by atoms with Crippen molar-refractivity contribution in [1.29, 1.82) is 0 Å². The van der Waals surface area contributed by atoms with Crippen molar-refractivity contribution < 1.29 is 27.9 Å². The van der Waals surface area contributed by atoms with Crippen LogP contribution in [-0.4, -0.2) is 33.8 Å². The number of nitrogens with zero attached hydrogens (tertiary/aromatic N) is 1. The monoisotopic (exact) mass is 325 g/mol. The lowest BCUT2D eigenvalue weighted by Gasteiger charge is -2.28. The predicted molar refractivity (Wildman–Crippen MR) is 70.5 cm³/mol. The van der Waals surface area contributed by atoms with E-state index in [0.29, 0.717) is 19.0 Å². The number of aromatic nitrogens is 1. The summed E-state index contributed by atoms with van der Waals surface area (Å²) in [7, 11) is 0. The highest BCUT2D eigenvalue weighted by Gasteiger charge is 2.58. The van der Waals surface area contributed by atoms with Gasteiger partial charge in [-0.25, -0.2) is 14.6 Å². The van der Waals surface area contributed by atoms with Crippen molar-refractivity contribution >= 4 is 28.5 Å². The molecule has 118 valence electrons. The summed E-state index contributed by atoms with van der Waals surface area (Å²) in [6.07, 6.45) is -4.52. The topological polar surface area (TPSA) is 91.3 Å². The van der Waals surface area contributed by atoms with Crippen LogP contribution < -0.4 is 10.6 Å². The lowest BCUT2D eigenvalue weighted by atomic mass is 10.0. The molecule has 1 aromatic rings. The number of carbonyl (C=O) groups is 2. The van der Waals surface area contributed by atoms with Crippen LogP contribution >= 0.6 is 11.3 Å². The Morgan fingerprint density at radius 1 is 1.38 bits per heavy atom. The predicted octanol–water partition coefficient (Wildman–Crippen LogP) is 2.54. The van der Waals surface area contributed by atoms with Gasteiger partial charge < -0.3 is 10.4 Å². The van der Waals surface area contributed by atoms with Crippen molar-refractivity contribution in [2.24, 2.45) is 0 Å². The minimum Gasteiger partial charge on any atom is -0.479 e. The second kappa shape index (κ2) is 5.88. The molecule has 0 bridgehead atoms. The van der Waals surface area contributed by atoms with Gasteiger partial charge in [0, 0.05) is 4.88 Å². The fraction of sp³-hybridized carbons (Fsp3) is 0.545. The molecule has 0 aromatic carbocycles. The molecule has 1 aromatic heterocycles. The number of thiazole rings is 1. The zero-order valence-electron chi connectivity index (χ0n) is 11.5. The number of amides is 2. The average molecular weight is 325 g/mol. The number of nitrogens with one attached hydrogen (secondary N) is 2. The Balaban J connectivity index is 2.86. The Morgan fingerprint density at radius 3 is 2.33 bits per heavy atom. The molecule has 0 saturated carbocycles. The normalized spacial score (nSPS) is 14.4. The third-order valence-corrected chi connectivity index (χ3v) is 3.73. The van der Waals surface area contributed by atoms with Gasteiger partial charge in [0.2, 0.25) is 5.54 Å². The van der Waals surface area contributed by atoms with Crippen molar-refractivity contribution in [1.82, 2.24) is 10.3 Å². The number of aliphatic carboxylic acids is 1. The molecule has 21 heavy (non-hydrogen) atoms. The molecule has 0 aliphatic rings. The summed E-state index contributed by atoms with van der Waals surface area (Å²) < 4.78 is 38.2. The molecule has 0 saturated heterocycles. The fourth-order valence-electron chi connectivity index (χ4n) is 1.41. The van der Waals surface area contributed by atoms with E-state index in [0.717, 1.165) is 16.2 Å². The van der Waals surface area contributed by atoms with Crippen molar-refractivity contribution in [3.63, 3.8) is 0 Å². The van der Waals surface area contributed by atoms with Gasteiger partial charge in [-0.3, -0.25) is 5.32 Å². The van der Waals surface area contributed by atoms with Gasteiger partial charge in [0.05, 0.1) is 5.69 Å². The molecule has 3 N–H and O–H groups in total. The maximum Gasteiger partial charge on any atom is 0.422 e. The number of rotatable bonds is 4. The quantitative estimate of drug-likeness (QED) is 0.793. The van der Waals surface area contributed by atoms with Gasteiger partial charge in [-0.2, -0.15) is 13.2 Å². The molecule has 0 spiro atoms. The molecule has 10 heteroatoms. The van der Waals surface area contributed by atoms with Crippen LogP contribution in [0.5, 0.6) is 0 Å². The Hall–Kier alpha value is -1.84. The zero-order valence-corrected chi connectivity index (χ0v) is 12.3. The minimum absolute atomic E-state index is 0.108. The summed E-state index contributed by atoms with van der Waals surface area (Å²) in [6, 6.07) is -1.28. The number of carbonyl (C=O) groups excluding carboxylic acids is 1. The summed E-state index contributed by atoms with van der Waals surface area (Å²) in [5.74, 6) is -2.20. The first-order valence-corrected chi connectivity index (χ1v) is 6.68. The molecule has 0 radical (unpaired) electrons. The molecule has 1 rings (SSSR count). The lowest BCUT2D eigenvalue weighted by molar-refractivity contribution is -0.203. The Morgan fingerprint density at radius 2 is 1.95 bits per heavy atom. The third kappa shape index (κ3) is 3.63. The van der Waals surface area contributed by atoms with Gasteiger partial charge in [0.15, 0.2) is 5.13 Å². The Labute approximate surface area is 122 Å². The smallest absolute Gasteiger partial charge is 0.422 e. The van der Waals surface area contributed by atoms with Crippen LogP contribution in [0.3, 0.4) is 0 Å². The van der Waals surface area contributed by atoms with E-state index >= 15 is 0 Å². The van der Waals surface area contributed by atoms with Gasteiger partial charge in [0.1, 0.15) is 0 Å². The molecule has 0 aliphatic carbocycles. The molecule has 0 fully saturated rings. The number of alkyl halides is 3. The van der Waals surface area contributed by atoms with Gasteiger partial charge >= 0.3 is 18.2 Å². The van der Waals surface area contributed by atoms with Crippen LogP contribution in [0.15, 0.2) is 0 Å². The van der Waals surface area contributed by atoms with Crippen LogP contribution in [-0.2, 0) is 11.2 Å². The lowest BCUT2D eigenvalue weighted by Crippen LogP contribution is -2.62. The summed E-state index contributed by atoms with van der Waals surface area (Å²) in [5.41, 5.74) is -2.66. The van der Waals surface area contributed by atoms with E-state index in [1.54, 1.807) is 6.92 Å². The zero-order chi connectivity index (χ0) is 16.4. The third-order valence-electron chi connectivity index (χ3n) is 2.81. The second-order valence-corrected chi connectivity index (χ2v) is 5.59. The summed E-state index contributed by atoms with van der Waals surface area (Å²) >= 11 is 1.10. The van der Waals surface area contributed by atoms with E-state index in [4.69, 9.17) is 5.11 Å². The summed E-state index contributed by atoms with van der Waals surface area (Å²) in [4.78, 5) is 27.2. The summed E-state index contributed by atoms with van der Waals surface area (Å²) in [5, 5.41) is 12.3. The number of hydrogen-bond acceptors (Lipinski definition) is 4. The van der Waals surface area contributed by atoms with E-state index in [1.807, 2.05) is 6.92 Å². The number of hydrogen-bond donors (Lipinski definition) is 3. The van der Waals surface area contributed by atoms with Crippen molar-refractivity contribution in [2.45, 2.75) is 38.9 Å². The van der Waals surface area contributed by atoms with Crippen LogP contribution in [0.2, 0.25) is 0 Å². The first-order valence-electron chi connectivity index (χ1n) is 5.86. The molecular formula is C11H14F3N3O3S. The second-order valence-electron chi connectivity index (χ2n) is 4.38. The number of carboxylic acids is 1. The molecule has 1 heterocycles. The molecule has 6 nitrogen and oxygen atoms in total. The largest absolute Gasteiger partial charge is 0.479 e. The minimum atomic E-state index is -5.14. The maximum atomic E-state index is 12.7. The van der Waals surface area contributed by atoms with Gasteiger partial charge in [0.25, 0.3) is 0 Å². The molecule has 0 aliphatic heterocycles. The Bertz CT molecular complexity index is 559. The van der Waals surface area contributed by atoms with E-state index < -0.39 is 23.7 Å². The fourth-order valence-corrected chi connectivity index (χ4v) is 2.31. The number of carboxylic acid groups (broad SMARTS) is 1. The van der Waals surface area contributed by atoms with Gasteiger partial charge in [-0.15, -0.1) is 11.3 Å². The highest BCUT2D eigenvalue weighted by molar-refractivity contribution is 7.15. The van der Waals surface area contributed by atoms with E-state index in [2.05, 4.69) is 10.3 Å². The molecular weight excluding hydrogens is 311 g/mol. The number of halogens is 3. The van der Waals surface area contributed by atoms with Gasteiger partial charge in [-0.05, 0) is 20.3 Å². The highest BCUT2D eigenvalue weighted by atomic mass is 32.1. The SMILES string of the molecule is CCc1nc(NC(=O)NC(C)(C(=O)O)C(F)(F)F)sc1C. The molecule has 2 amide bonds. The Kier molecular flexibility index (Phi) is 4.82. The van der Waals surface area contributed by atoms with Crippen LogP contribution in [0.25, 0.3) is 0 Å². The molecule has 1 atom stereocenters. The first-order chi connectivity index (χ1) is 9.51. The van der Waals surface area contributed by atoms with Gasteiger partial charge in [-0.1, -0.05) is 6.92 Å². The van der Waals surface area contributed by atoms with Crippen LogP contribution in [0, 0.1) is 6.92 Å².